The van der Waals surface area contributed by atoms with Gasteiger partial charge in [-0.15, -0.1) is 0 Å². The Hall–Kier alpha value is -3.02. The fraction of sp³-hybridized carbons (Fsp3) is 0.650. The lowest BCUT2D eigenvalue weighted by Crippen LogP contribution is -2.41. The number of rotatable bonds is 10. The molecule has 3 aliphatic rings. The van der Waals surface area contributed by atoms with E-state index in [2.05, 4.69) is 52.6 Å². The maximum atomic E-state index is 12.6. The van der Waals surface area contributed by atoms with Crippen molar-refractivity contribution in [1.29, 1.82) is 0 Å². The van der Waals surface area contributed by atoms with Gasteiger partial charge in [0.15, 0.2) is 0 Å². The van der Waals surface area contributed by atoms with Crippen molar-refractivity contribution in [1.82, 2.24) is 0 Å². The van der Waals surface area contributed by atoms with E-state index in [9.17, 15) is 14.4 Å². The summed E-state index contributed by atoms with van der Waals surface area (Å²) in [6.07, 6.45) is 1.17. The highest BCUT2D eigenvalue weighted by molar-refractivity contribution is 9.10. The second kappa shape index (κ2) is 25.0. The molecule has 0 radical (unpaired) electrons. The van der Waals surface area contributed by atoms with E-state index >= 15 is 0 Å². The van der Waals surface area contributed by atoms with Crippen LogP contribution in [-0.2, 0) is 73.8 Å². The lowest BCUT2D eigenvalue weighted by Gasteiger charge is -2.32. The summed E-state index contributed by atoms with van der Waals surface area (Å²) in [6, 6.07) is 23.3. The van der Waals surface area contributed by atoms with Gasteiger partial charge in [0.05, 0.1) is 57.5 Å². The normalized spacial score (nSPS) is 19.1. The molecule has 3 aliphatic heterocycles. The number of hydrogen-bond donors (Lipinski definition) is 0. The van der Waals surface area contributed by atoms with Gasteiger partial charge in [0, 0.05) is 8.95 Å². The summed E-state index contributed by atoms with van der Waals surface area (Å²) in [7, 11) is -1.35. The molecule has 3 aromatic carbocycles. The minimum Gasteiger partial charge on any atom is -0.465 e. The average Bonchev–Trinajstić information content (AvgIpc) is 3.73. The predicted octanol–water partition coefficient (Wildman–Crippen LogP) is 13.9. The molecule has 77 heavy (non-hydrogen) atoms. The molecule has 3 saturated heterocycles. The molecule has 12 nitrogen and oxygen atoms in total. The first-order valence-electron chi connectivity index (χ1n) is 26.8. The Morgan fingerprint density at radius 1 is 0.455 bits per heavy atom. The minimum absolute atomic E-state index is 0.148. The standard InChI is InChI=1S/C22H35BO4.C14H19BrO2.C12H24B2O4.C12H15BrO2/c1-19(2,3)14-15-25-18(24)20(4,5)16-10-12-17(13-11-16)23-26-21(6,7)22(8,9)27-23;1-13(2,3)17-12(16)14(4,5)10-6-8-11(15)9-7-10;1-9(2)10(3,4)16-13(15-9)14-17-11(5,6)12(7,8)18-14;1-12(2,3)15-11(14)8-9-4-6-10(13)7-5-9/h10-13H,14-15H2,1-9H3;6-9H,1-5H3;1-8H3;4-7H,8H2,1-3H3. The molecular weight excluding hydrogens is 1100 g/mol. The Bertz CT molecular complexity index is 2350. The van der Waals surface area contributed by atoms with Crippen LogP contribution in [-0.4, -0.2) is 90.5 Å². The smallest absolute Gasteiger partial charge is 0.465 e. The fourth-order valence-electron chi connectivity index (χ4n) is 7.32. The van der Waals surface area contributed by atoms with Crippen molar-refractivity contribution >= 4 is 76.4 Å². The predicted molar refractivity (Wildman–Crippen MR) is 319 cm³/mol. The van der Waals surface area contributed by atoms with E-state index in [1.807, 2.05) is 225 Å². The lowest BCUT2D eigenvalue weighted by molar-refractivity contribution is -0.161. The van der Waals surface area contributed by atoms with Gasteiger partial charge in [0.1, 0.15) is 11.2 Å². The van der Waals surface area contributed by atoms with Crippen molar-refractivity contribution in [2.45, 2.75) is 242 Å². The van der Waals surface area contributed by atoms with Crippen LogP contribution in [0.3, 0.4) is 0 Å². The third kappa shape index (κ3) is 19.6. The molecule has 6 rings (SSSR count). The molecule has 0 atom stereocenters. The molecule has 428 valence electrons. The van der Waals surface area contributed by atoms with Gasteiger partial charge in [-0.2, -0.15) is 0 Å². The second-order valence-electron chi connectivity index (χ2n) is 27.6. The van der Waals surface area contributed by atoms with E-state index in [1.165, 1.54) is 0 Å². The van der Waals surface area contributed by atoms with Crippen LogP contribution in [0.25, 0.3) is 0 Å². The van der Waals surface area contributed by atoms with E-state index in [0.717, 1.165) is 37.5 Å². The van der Waals surface area contributed by atoms with Crippen LogP contribution >= 0.6 is 31.9 Å². The molecule has 0 saturated carbocycles. The fourth-order valence-corrected chi connectivity index (χ4v) is 7.85. The van der Waals surface area contributed by atoms with Crippen LogP contribution in [0.2, 0.25) is 0 Å². The van der Waals surface area contributed by atoms with Gasteiger partial charge in [-0.05, 0) is 211 Å². The van der Waals surface area contributed by atoms with Gasteiger partial charge in [-0.25, -0.2) is 0 Å². The maximum Gasteiger partial charge on any atom is 0.494 e. The van der Waals surface area contributed by atoms with Gasteiger partial charge < -0.3 is 42.1 Å². The maximum absolute atomic E-state index is 12.6. The van der Waals surface area contributed by atoms with E-state index in [-0.39, 0.29) is 56.9 Å². The molecule has 3 heterocycles. The first-order valence-corrected chi connectivity index (χ1v) is 28.4. The summed E-state index contributed by atoms with van der Waals surface area (Å²) >= 11 is 6.73. The van der Waals surface area contributed by atoms with Crippen molar-refractivity contribution in [3.8, 4) is 0 Å². The number of benzene rings is 3. The van der Waals surface area contributed by atoms with Crippen LogP contribution in [0.15, 0.2) is 81.7 Å². The molecule has 3 aromatic rings. The van der Waals surface area contributed by atoms with Gasteiger partial charge in [0.25, 0.3) is 0 Å². The van der Waals surface area contributed by atoms with Gasteiger partial charge in [0.2, 0.25) is 0 Å². The number of hydrogen-bond acceptors (Lipinski definition) is 12. The largest absolute Gasteiger partial charge is 0.494 e. The van der Waals surface area contributed by atoms with E-state index < -0.39 is 43.2 Å². The summed E-state index contributed by atoms with van der Waals surface area (Å²) in [5.41, 5.74) is -0.435. The molecule has 17 heteroatoms. The second-order valence-corrected chi connectivity index (χ2v) is 29.4. The summed E-state index contributed by atoms with van der Waals surface area (Å²) in [6.45, 7) is 50.0. The zero-order valence-corrected chi connectivity index (χ0v) is 54.6. The van der Waals surface area contributed by atoms with Crippen molar-refractivity contribution in [3.63, 3.8) is 0 Å². The molecule has 0 amide bonds. The first kappa shape index (κ1) is 68.3. The molecule has 0 bridgehead atoms. The lowest BCUT2D eigenvalue weighted by atomic mass is 9.49. The topological polar surface area (TPSA) is 134 Å². The Labute approximate surface area is 482 Å². The number of esters is 3. The molecule has 0 unspecified atom stereocenters. The summed E-state index contributed by atoms with van der Waals surface area (Å²) < 4.78 is 54.2. The number of carbonyl (C=O) groups excluding carboxylic acids is 3. The third-order valence-electron chi connectivity index (χ3n) is 14.7. The molecule has 0 aliphatic carbocycles. The molecule has 0 spiro atoms. The van der Waals surface area contributed by atoms with Crippen molar-refractivity contribution in [3.05, 3.63) is 98.4 Å². The molecular formula is C60H93B3Br2O12. The number of carbonyl (C=O) groups is 3. The van der Waals surface area contributed by atoms with Crippen LogP contribution in [0, 0.1) is 5.41 Å². The van der Waals surface area contributed by atoms with E-state index in [0.29, 0.717) is 13.0 Å². The Morgan fingerprint density at radius 2 is 0.779 bits per heavy atom. The molecule has 0 aromatic heterocycles. The zero-order chi connectivity index (χ0) is 59.4. The van der Waals surface area contributed by atoms with Gasteiger partial charge in [-0.3, -0.25) is 14.4 Å². The third-order valence-corrected chi connectivity index (χ3v) is 15.7. The Balaban J connectivity index is 0.000000278. The highest BCUT2D eigenvalue weighted by atomic mass is 79.9. The van der Waals surface area contributed by atoms with Crippen molar-refractivity contribution in [2.24, 2.45) is 5.41 Å². The monoisotopic (exact) mass is 1200 g/mol. The van der Waals surface area contributed by atoms with E-state index in [1.54, 1.807) is 0 Å². The highest BCUT2D eigenvalue weighted by Crippen LogP contribution is 2.43. The van der Waals surface area contributed by atoms with Crippen LogP contribution in [0.5, 0.6) is 0 Å². The summed E-state index contributed by atoms with van der Waals surface area (Å²) in [5, 5.41) is 0. The molecule has 0 N–H and O–H groups in total. The quantitative estimate of drug-likeness (QED) is 0.109. The Kier molecular flexibility index (Phi) is 22.2. The summed E-state index contributed by atoms with van der Waals surface area (Å²) in [5.74, 6) is -0.590. The van der Waals surface area contributed by atoms with E-state index in [4.69, 9.17) is 42.1 Å². The average molecular weight is 1200 g/mol. The van der Waals surface area contributed by atoms with Gasteiger partial charge in [-0.1, -0.05) is 101 Å². The van der Waals surface area contributed by atoms with Crippen LogP contribution < -0.4 is 5.46 Å². The Morgan fingerprint density at radius 3 is 1.13 bits per heavy atom. The number of ether oxygens (including phenoxy) is 3. The molecule has 3 fully saturated rings. The van der Waals surface area contributed by atoms with Crippen LogP contribution in [0.1, 0.15) is 196 Å². The zero-order valence-electron chi connectivity index (χ0n) is 51.4. The van der Waals surface area contributed by atoms with Crippen molar-refractivity contribution < 1.29 is 56.5 Å². The summed E-state index contributed by atoms with van der Waals surface area (Å²) in [4.78, 5) is 36.2. The number of halogens is 2. The highest BCUT2D eigenvalue weighted by Gasteiger charge is 2.64. The van der Waals surface area contributed by atoms with Gasteiger partial charge >= 0.3 is 39.0 Å². The first-order chi connectivity index (χ1) is 34.5. The van der Waals surface area contributed by atoms with Crippen molar-refractivity contribution in [2.75, 3.05) is 6.61 Å². The minimum atomic E-state index is -0.702. The van der Waals surface area contributed by atoms with Crippen LogP contribution in [0.4, 0.5) is 0 Å². The SMILES string of the molecule is CC(C)(C)CCOC(=O)C(C)(C)c1ccc(B2OC(C)(C)C(C)(C)O2)cc1.CC(C)(C)OC(=O)C(C)(C)c1ccc(Br)cc1.CC(C)(C)OC(=O)Cc1ccc(Br)cc1.CC1(C)OB(B2OC(C)(C)C(C)(C)O2)OC1(C)C.